The molecule has 1 aliphatic rings. The Labute approximate surface area is 105 Å². The second-order valence-corrected chi connectivity index (χ2v) is 6.34. The highest BCUT2D eigenvalue weighted by Crippen LogP contribution is 2.30. The van der Waals surface area contributed by atoms with E-state index in [9.17, 15) is 8.42 Å². The molecule has 2 rings (SSSR count). The third-order valence-corrected chi connectivity index (χ3v) is 4.05. The van der Waals surface area contributed by atoms with E-state index in [1.165, 1.54) is 11.1 Å². The van der Waals surface area contributed by atoms with Gasteiger partial charge in [0.1, 0.15) is 0 Å². The van der Waals surface area contributed by atoms with Gasteiger partial charge < -0.3 is 4.74 Å². The van der Waals surface area contributed by atoms with E-state index in [0.29, 0.717) is 13.0 Å². The van der Waals surface area contributed by atoms with Gasteiger partial charge in [0, 0.05) is 11.5 Å². The maximum Gasteiger partial charge on any atom is 0.289 e. The molecule has 1 aromatic rings. The number of hydrogen-bond donors (Lipinski definition) is 1. The van der Waals surface area contributed by atoms with Crippen molar-refractivity contribution in [1.29, 1.82) is 0 Å². The Morgan fingerprint density at radius 3 is 2.82 bits per heavy atom. The van der Waals surface area contributed by atoms with Crippen LogP contribution in [0.1, 0.15) is 16.7 Å². The molecule has 0 spiro atoms. The lowest BCUT2D eigenvalue weighted by Crippen LogP contribution is -2.09. The van der Waals surface area contributed by atoms with Crippen LogP contribution in [-0.4, -0.2) is 25.5 Å². The van der Waals surface area contributed by atoms with Gasteiger partial charge in [0.15, 0.2) is 5.94 Å². The second-order valence-electron chi connectivity index (χ2n) is 3.95. The zero-order valence-corrected chi connectivity index (χ0v) is 10.9. The lowest BCUT2D eigenvalue weighted by molar-refractivity contribution is 0.174. The van der Waals surface area contributed by atoms with Gasteiger partial charge in [-0.15, -0.1) is 0 Å². The first-order valence-electron chi connectivity index (χ1n) is 5.26. The number of ether oxygens (including phenoxy) is 1. The molecule has 1 aliphatic heterocycles. The maximum absolute atomic E-state index is 10.4. The van der Waals surface area contributed by atoms with Crippen LogP contribution < -0.4 is 0 Å². The SMILES string of the molecule is O=S(=O)(O)COCCc1ccc2c(c1)CSC2. The Hall–Kier alpha value is -0.560. The van der Waals surface area contributed by atoms with Crippen molar-refractivity contribution < 1.29 is 17.7 Å². The van der Waals surface area contributed by atoms with Crippen molar-refractivity contribution >= 4 is 21.9 Å². The van der Waals surface area contributed by atoms with E-state index < -0.39 is 16.1 Å². The summed E-state index contributed by atoms with van der Waals surface area (Å²) in [5.41, 5.74) is 3.89. The fraction of sp³-hybridized carbons (Fsp3) is 0.455. The van der Waals surface area contributed by atoms with Gasteiger partial charge in [0.25, 0.3) is 10.1 Å². The molecule has 17 heavy (non-hydrogen) atoms. The summed E-state index contributed by atoms with van der Waals surface area (Å²) in [6.07, 6.45) is 0.660. The summed E-state index contributed by atoms with van der Waals surface area (Å²) in [6, 6.07) is 6.31. The Morgan fingerprint density at radius 1 is 1.29 bits per heavy atom. The highest BCUT2D eigenvalue weighted by Gasteiger charge is 2.11. The van der Waals surface area contributed by atoms with Gasteiger partial charge in [-0.05, 0) is 23.1 Å². The molecule has 1 N–H and O–H groups in total. The smallest absolute Gasteiger partial charge is 0.289 e. The van der Waals surface area contributed by atoms with E-state index in [-0.39, 0.29) is 0 Å². The zero-order chi connectivity index (χ0) is 12.3. The summed E-state index contributed by atoms with van der Waals surface area (Å²) in [6.45, 7) is 0.297. The number of rotatable bonds is 5. The van der Waals surface area contributed by atoms with Crippen molar-refractivity contribution in [2.45, 2.75) is 17.9 Å². The van der Waals surface area contributed by atoms with Crippen molar-refractivity contribution in [1.82, 2.24) is 0 Å². The van der Waals surface area contributed by atoms with E-state index in [1.54, 1.807) is 0 Å². The summed E-state index contributed by atoms with van der Waals surface area (Å²) in [7, 11) is -4.01. The molecule has 0 fully saturated rings. The average molecular weight is 274 g/mol. The monoisotopic (exact) mass is 274 g/mol. The Morgan fingerprint density at radius 2 is 2.06 bits per heavy atom. The molecule has 0 aromatic heterocycles. The number of fused-ring (bicyclic) bond motifs is 1. The van der Waals surface area contributed by atoms with Gasteiger partial charge in [-0.2, -0.15) is 20.2 Å². The molecule has 6 heteroatoms. The van der Waals surface area contributed by atoms with Crippen LogP contribution in [0.2, 0.25) is 0 Å². The van der Waals surface area contributed by atoms with Gasteiger partial charge in [-0.1, -0.05) is 18.2 Å². The lowest BCUT2D eigenvalue weighted by atomic mass is 10.0. The molecule has 0 saturated carbocycles. The summed E-state index contributed by atoms with van der Waals surface area (Å²) in [5, 5.41) is 0. The predicted octanol–water partition coefficient (Wildman–Crippen LogP) is 1.84. The van der Waals surface area contributed by atoms with E-state index >= 15 is 0 Å². The topological polar surface area (TPSA) is 63.6 Å². The van der Waals surface area contributed by atoms with E-state index in [0.717, 1.165) is 17.1 Å². The summed E-state index contributed by atoms with van der Waals surface area (Å²) in [4.78, 5) is 0. The zero-order valence-electron chi connectivity index (χ0n) is 9.26. The van der Waals surface area contributed by atoms with Crippen molar-refractivity contribution in [3.05, 3.63) is 34.9 Å². The quantitative estimate of drug-likeness (QED) is 0.655. The molecule has 0 radical (unpaired) electrons. The predicted molar refractivity (Wildman–Crippen MR) is 67.5 cm³/mol. The third kappa shape index (κ3) is 3.99. The van der Waals surface area contributed by atoms with Crippen LogP contribution in [0.5, 0.6) is 0 Å². The molecule has 4 nitrogen and oxygen atoms in total. The van der Waals surface area contributed by atoms with Crippen LogP contribution in [0.4, 0.5) is 0 Å². The molecular formula is C11H14O4S2. The lowest BCUT2D eigenvalue weighted by Gasteiger charge is -2.05. The highest BCUT2D eigenvalue weighted by atomic mass is 32.2. The fourth-order valence-corrected chi connectivity index (χ4v) is 3.16. The number of hydrogen-bond acceptors (Lipinski definition) is 4. The van der Waals surface area contributed by atoms with E-state index in [1.807, 2.05) is 17.8 Å². The maximum atomic E-state index is 10.4. The molecule has 94 valence electrons. The molecular weight excluding hydrogens is 260 g/mol. The van der Waals surface area contributed by atoms with Crippen LogP contribution in [0.3, 0.4) is 0 Å². The van der Waals surface area contributed by atoms with Crippen LogP contribution in [0, 0.1) is 0 Å². The van der Waals surface area contributed by atoms with Crippen molar-refractivity contribution in [3.8, 4) is 0 Å². The number of benzene rings is 1. The first-order chi connectivity index (χ1) is 8.04. The summed E-state index contributed by atoms with van der Waals surface area (Å²) in [5.74, 6) is 1.50. The van der Waals surface area contributed by atoms with Crippen LogP contribution in [0.25, 0.3) is 0 Å². The third-order valence-electron chi connectivity index (χ3n) is 2.55. The average Bonchev–Trinajstić information content (AvgIpc) is 2.70. The second kappa shape index (κ2) is 5.39. The molecule has 0 bridgehead atoms. The minimum Gasteiger partial charge on any atom is -0.363 e. The Balaban J connectivity index is 1.84. The minimum atomic E-state index is -4.01. The van der Waals surface area contributed by atoms with Gasteiger partial charge in [-0.25, -0.2) is 0 Å². The first kappa shape index (κ1) is 12.9. The first-order valence-corrected chi connectivity index (χ1v) is 8.02. The van der Waals surface area contributed by atoms with E-state index in [2.05, 4.69) is 12.1 Å². The molecule has 0 unspecified atom stereocenters. The molecule has 0 atom stereocenters. The van der Waals surface area contributed by atoms with Crippen molar-refractivity contribution in [2.75, 3.05) is 12.5 Å². The highest BCUT2D eigenvalue weighted by molar-refractivity contribution is 7.98. The summed E-state index contributed by atoms with van der Waals surface area (Å²) < 4.78 is 34.2. The van der Waals surface area contributed by atoms with E-state index in [4.69, 9.17) is 9.29 Å². The standard InChI is InChI=1S/C11H14O4S2/c12-17(13,14)8-15-4-3-9-1-2-10-6-16-7-11(10)5-9/h1-2,5H,3-4,6-8H2,(H,12,13,14). The molecule has 1 aromatic carbocycles. The summed E-state index contributed by atoms with van der Waals surface area (Å²) >= 11 is 1.90. The molecule has 0 aliphatic carbocycles. The Kier molecular flexibility index (Phi) is 4.09. The van der Waals surface area contributed by atoms with Crippen molar-refractivity contribution in [2.24, 2.45) is 0 Å². The Bertz CT molecular complexity index is 496. The van der Waals surface area contributed by atoms with Gasteiger partial charge in [0.05, 0.1) is 6.61 Å². The minimum absolute atomic E-state index is 0.297. The van der Waals surface area contributed by atoms with Crippen molar-refractivity contribution in [3.63, 3.8) is 0 Å². The molecule has 0 amide bonds. The normalized spacial score (nSPS) is 14.9. The number of thioether (sulfide) groups is 1. The molecule has 0 saturated heterocycles. The van der Waals surface area contributed by atoms with Gasteiger partial charge >= 0.3 is 0 Å². The van der Waals surface area contributed by atoms with Crippen LogP contribution in [-0.2, 0) is 32.8 Å². The fourth-order valence-electron chi connectivity index (χ4n) is 1.74. The molecule has 1 heterocycles. The van der Waals surface area contributed by atoms with Crippen LogP contribution in [0.15, 0.2) is 18.2 Å². The van der Waals surface area contributed by atoms with Gasteiger partial charge in [0.2, 0.25) is 0 Å². The van der Waals surface area contributed by atoms with Crippen LogP contribution >= 0.6 is 11.8 Å². The van der Waals surface area contributed by atoms with Gasteiger partial charge in [-0.3, -0.25) is 4.55 Å². The largest absolute Gasteiger partial charge is 0.363 e.